The van der Waals surface area contributed by atoms with Crippen molar-refractivity contribution in [2.45, 2.75) is 39.8 Å². The van der Waals surface area contributed by atoms with Gasteiger partial charge in [-0.05, 0) is 58.0 Å². The van der Waals surface area contributed by atoms with E-state index in [4.69, 9.17) is 4.74 Å². The van der Waals surface area contributed by atoms with Crippen molar-refractivity contribution in [3.63, 3.8) is 0 Å². The Bertz CT molecular complexity index is 703. The Hall–Kier alpha value is -1.81. The highest BCUT2D eigenvalue weighted by molar-refractivity contribution is 5.87. The van der Waals surface area contributed by atoms with Crippen LogP contribution in [-0.4, -0.2) is 35.6 Å². The van der Waals surface area contributed by atoms with Crippen LogP contribution in [0.2, 0.25) is 0 Å². The molecule has 0 unspecified atom stereocenters. The molecule has 22 heavy (non-hydrogen) atoms. The second kappa shape index (κ2) is 6.13. The number of carbonyl (C=O) groups is 1. The van der Waals surface area contributed by atoms with Gasteiger partial charge < -0.3 is 14.2 Å². The Labute approximate surface area is 131 Å². The maximum atomic E-state index is 12.0. The molecule has 0 bridgehead atoms. The molecule has 0 spiro atoms. The van der Waals surface area contributed by atoms with Crippen LogP contribution >= 0.6 is 0 Å². The highest BCUT2D eigenvalue weighted by Gasteiger charge is 2.22. The lowest BCUT2D eigenvalue weighted by Gasteiger charge is -2.12. The molecule has 0 fully saturated rings. The average molecular weight is 300 g/mol. The first kappa shape index (κ1) is 15.1. The van der Waals surface area contributed by atoms with Crippen LogP contribution in [0.1, 0.15) is 30.2 Å². The number of esters is 1. The number of rotatable bonds is 3. The van der Waals surface area contributed by atoms with Gasteiger partial charge >= 0.3 is 5.97 Å². The van der Waals surface area contributed by atoms with Crippen LogP contribution in [0.25, 0.3) is 10.9 Å². The van der Waals surface area contributed by atoms with Gasteiger partial charge in [-0.2, -0.15) is 0 Å². The zero-order chi connectivity index (χ0) is 15.7. The van der Waals surface area contributed by atoms with Crippen molar-refractivity contribution in [3.8, 4) is 0 Å². The van der Waals surface area contributed by atoms with Crippen molar-refractivity contribution in [1.82, 2.24) is 9.47 Å². The molecule has 2 aromatic rings. The molecule has 1 aromatic heterocycles. The largest absolute Gasteiger partial charge is 0.465 e. The first-order chi connectivity index (χ1) is 10.6. The van der Waals surface area contributed by atoms with E-state index >= 15 is 0 Å². The lowest BCUT2D eigenvalue weighted by atomic mass is 10.1. The molecule has 0 saturated heterocycles. The molecule has 0 N–H and O–H groups in total. The first-order valence-electron chi connectivity index (χ1n) is 8.05. The summed E-state index contributed by atoms with van der Waals surface area (Å²) < 4.78 is 7.33. The van der Waals surface area contributed by atoms with Crippen LogP contribution in [0.4, 0.5) is 0 Å². The van der Waals surface area contributed by atoms with Crippen molar-refractivity contribution in [2.75, 3.05) is 20.2 Å². The average Bonchev–Trinajstić information content (AvgIpc) is 2.62. The summed E-state index contributed by atoms with van der Waals surface area (Å²) in [5.41, 5.74) is 5.09. The second-order valence-corrected chi connectivity index (χ2v) is 6.18. The minimum absolute atomic E-state index is 0.152. The highest BCUT2D eigenvalue weighted by atomic mass is 16.5. The van der Waals surface area contributed by atoms with Crippen LogP contribution < -0.4 is 0 Å². The summed E-state index contributed by atoms with van der Waals surface area (Å²) in [5.74, 6) is -0.152. The number of carbonyl (C=O) groups excluding carboxylic acids is 1. The molecule has 0 amide bonds. The molecule has 2 heterocycles. The number of hydrogen-bond acceptors (Lipinski definition) is 3. The Morgan fingerprint density at radius 1 is 1.36 bits per heavy atom. The van der Waals surface area contributed by atoms with Crippen LogP contribution in [0.3, 0.4) is 0 Å². The molecular weight excluding hydrogens is 276 g/mol. The third-order valence-electron chi connectivity index (χ3n) is 4.42. The Kier molecular flexibility index (Phi) is 4.21. The number of ether oxygens (including phenoxy) is 1. The van der Waals surface area contributed by atoms with E-state index in [1.807, 2.05) is 6.92 Å². The monoisotopic (exact) mass is 300 g/mol. The van der Waals surface area contributed by atoms with E-state index in [2.05, 4.69) is 41.6 Å². The van der Waals surface area contributed by atoms with Gasteiger partial charge in [-0.1, -0.05) is 11.6 Å². The van der Waals surface area contributed by atoms with Crippen LogP contribution in [0.15, 0.2) is 18.2 Å². The maximum absolute atomic E-state index is 12.0. The summed E-state index contributed by atoms with van der Waals surface area (Å²) in [5, 5.41) is 1.29. The summed E-state index contributed by atoms with van der Waals surface area (Å²) in [7, 11) is 2.17. The summed E-state index contributed by atoms with van der Waals surface area (Å²) >= 11 is 0. The Morgan fingerprint density at radius 2 is 2.18 bits per heavy atom. The Balaban J connectivity index is 2.13. The molecule has 0 atom stereocenters. The quantitative estimate of drug-likeness (QED) is 0.818. The minimum Gasteiger partial charge on any atom is -0.465 e. The van der Waals surface area contributed by atoms with E-state index in [9.17, 15) is 4.79 Å². The SMILES string of the molecule is CCOC(=O)Cn1c2c(c3cc(C)ccc31)CN(C)CCC2. The van der Waals surface area contributed by atoms with Crippen molar-refractivity contribution in [1.29, 1.82) is 0 Å². The molecule has 4 heteroatoms. The van der Waals surface area contributed by atoms with E-state index in [0.29, 0.717) is 13.2 Å². The number of nitrogens with zero attached hydrogens (tertiary/aromatic N) is 2. The van der Waals surface area contributed by atoms with E-state index in [-0.39, 0.29) is 5.97 Å². The van der Waals surface area contributed by atoms with Gasteiger partial charge in [-0.25, -0.2) is 0 Å². The molecule has 118 valence electrons. The van der Waals surface area contributed by atoms with Crippen molar-refractivity contribution in [2.24, 2.45) is 0 Å². The number of benzene rings is 1. The van der Waals surface area contributed by atoms with E-state index in [0.717, 1.165) is 31.4 Å². The summed E-state index contributed by atoms with van der Waals surface area (Å²) in [6.45, 7) is 6.76. The smallest absolute Gasteiger partial charge is 0.325 e. The first-order valence-corrected chi connectivity index (χ1v) is 8.05. The molecule has 0 saturated carbocycles. The maximum Gasteiger partial charge on any atom is 0.325 e. The van der Waals surface area contributed by atoms with E-state index in [1.165, 1.54) is 22.2 Å². The fourth-order valence-corrected chi connectivity index (χ4v) is 3.43. The summed E-state index contributed by atoms with van der Waals surface area (Å²) in [6.07, 6.45) is 2.15. The van der Waals surface area contributed by atoms with Gasteiger partial charge in [0.05, 0.1) is 6.61 Å². The second-order valence-electron chi connectivity index (χ2n) is 6.18. The van der Waals surface area contributed by atoms with Gasteiger partial charge in [0.2, 0.25) is 0 Å². The molecule has 1 aliphatic rings. The minimum atomic E-state index is -0.152. The third kappa shape index (κ3) is 2.75. The van der Waals surface area contributed by atoms with Gasteiger partial charge in [0.25, 0.3) is 0 Å². The lowest BCUT2D eigenvalue weighted by molar-refractivity contribution is -0.143. The third-order valence-corrected chi connectivity index (χ3v) is 4.42. The fraction of sp³-hybridized carbons (Fsp3) is 0.500. The van der Waals surface area contributed by atoms with Crippen LogP contribution in [0.5, 0.6) is 0 Å². The molecule has 0 aliphatic carbocycles. The summed E-state index contributed by atoms with van der Waals surface area (Å²) in [6, 6.07) is 6.50. The van der Waals surface area contributed by atoms with Gasteiger partial charge in [0, 0.05) is 23.1 Å². The molecular formula is C18H24N2O2. The van der Waals surface area contributed by atoms with Gasteiger partial charge in [0.15, 0.2) is 0 Å². The van der Waals surface area contributed by atoms with Gasteiger partial charge in [0.1, 0.15) is 6.54 Å². The van der Waals surface area contributed by atoms with E-state index in [1.54, 1.807) is 0 Å². The predicted octanol–water partition coefficient (Wildman–Crippen LogP) is 2.89. The van der Waals surface area contributed by atoms with Gasteiger partial charge in [-0.3, -0.25) is 4.79 Å². The summed E-state index contributed by atoms with van der Waals surface area (Å²) in [4.78, 5) is 14.4. The fourth-order valence-electron chi connectivity index (χ4n) is 3.43. The van der Waals surface area contributed by atoms with Crippen LogP contribution in [-0.2, 0) is 29.0 Å². The molecule has 0 radical (unpaired) electrons. The predicted molar refractivity (Wildman–Crippen MR) is 88.0 cm³/mol. The number of hydrogen-bond donors (Lipinski definition) is 0. The number of aromatic nitrogens is 1. The van der Waals surface area contributed by atoms with Crippen molar-refractivity contribution in [3.05, 3.63) is 35.0 Å². The highest BCUT2D eigenvalue weighted by Crippen LogP contribution is 2.31. The lowest BCUT2D eigenvalue weighted by Crippen LogP contribution is -2.17. The molecule has 1 aromatic carbocycles. The van der Waals surface area contributed by atoms with Gasteiger partial charge in [-0.15, -0.1) is 0 Å². The normalized spacial score (nSPS) is 15.6. The van der Waals surface area contributed by atoms with Crippen molar-refractivity contribution >= 4 is 16.9 Å². The zero-order valence-electron chi connectivity index (χ0n) is 13.7. The van der Waals surface area contributed by atoms with E-state index < -0.39 is 0 Å². The Morgan fingerprint density at radius 3 is 2.95 bits per heavy atom. The van der Waals surface area contributed by atoms with Crippen molar-refractivity contribution < 1.29 is 9.53 Å². The molecule has 4 nitrogen and oxygen atoms in total. The topological polar surface area (TPSA) is 34.5 Å². The molecule has 3 rings (SSSR count). The molecule has 1 aliphatic heterocycles. The standard InChI is InChI=1S/C18H24N2O2/c1-4-22-18(21)12-20-16-6-5-9-19(3)11-15(16)14-10-13(2)7-8-17(14)20/h7-8,10H,4-6,9,11-12H2,1-3H3. The number of aryl methyl sites for hydroxylation is 1. The number of fused-ring (bicyclic) bond motifs is 3. The van der Waals surface area contributed by atoms with Crippen LogP contribution in [0, 0.1) is 6.92 Å². The zero-order valence-corrected chi connectivity index (χ0v) is 13.7.